The van der Waals surface area contributed by atoms with E-state index in [4.69, 9.17) is 23.9 Å². The van der Waals surface area contributed by atoms with Crippen LogP contribution >= 0.6 is 0 Å². The second-order valence-electron chi connectivity index (χ2n) is 16.5. The lowest BCUT2D eigenvalue weighted by atomic mass is 9.78. The number of Topliss-reactive ketones (excluding diaryl/α,β-unsaturated/α-hetero) is 2. The summed E-state index contributed by atoms with van der Waals surface area (Å²) in [5.74, 6) is -6.85. The van der Waals surface area contributed by atoms with E-state index in [0.717, 1.165) is 32.1 Å². The molecule has 0 radical (unpaired) electrons. The molecule has 3 heterocycles. The normalized spacial score (nSPS) is 33.0. The fourth-order valence-electron chi connectivity index (χ4n) is 8.73. The van der Waals surface area contributed by atoms with Crippen molar-refractivity contribution >= 4 is 29.2 Å². The number of carbonyl (C=O) groups excluding carboxylic acids is 4. The fourth-order valence-corrected chi connectivity index (χ4v) is 8.73. The summed E-state index contributed by atoms with van der Waals surface area (Å²) in [6.45, 7) is 12.7. The zero-order valence-electron chi connectivity index (χ0n) is 34.6. The Bertz CT molecular complexity index is 2110. The predicted octanol–water partition coefficient (Wildman–Crippen LogP) is 6.20. The minimum absolute atomic E-state index is 0.00152. The molecule has 1 fully saturated rings. The first-order valence-corrected chi connectivity index (χ1v) is 20.1. The number of methoxy groups -OCH3 is 1. The number of fused-ring (bicyclic) bond motifs is 4. The molecule has 0 saturated heterocycles. The van der Waals surface area contributed by atoms with Crippen molar-refractivity contribution < 1.29 is 53.4 Å². The van der Waals surface area contributed by atoms with Crippen LogP contribution in [-0.2, 0) is 23.8 Å². The average molecular weight is 802 g/mol. The zero-order chi connectivity index (χ0) is 42.4. The number of imidazole rings is 1. The Balaban J connectivity index is 1.52. The number of allylic oxidation sites excluding steroid dienone is 2. The number of phenols is 1. The number of aliphatic hydroxyl groups is 2. The molecule has 1 aromatic carbocycles. The number of H-pyrrole nitrogens is 1. The number of nitrogens with one attached hydrogen (secondary N) is 1. The lowest BCUT2D eigenvalue weighted by molar-refractivity contribution is -0.160. The van der Waals surface area contributed by atoms with Crippen molar-refractivity contribution in [1.82, 2.24) is 9.97 Å². The van der Waals surface area contributed by atoms with E-state index in [-0.39, 0.29) is 56.6 Å². The Morgan fingerprint density at radius 2 is 1.64 bits per heavy atom. The maximum atomic E-state index is 14.6. The van der Waals surface area contributed by atoms with Crippen molar-refractivity contribution in [2.45, 2.75) is 124 Å². The first-order valence-electron chi connectivity index (χ1n) is 20.1. The summed E-state index contributed by atoms with van der Waals surface area (Å²) in [6, 6.07) is 0. The highest BCUT2D eigenvalue weighted by Gasteiger charge is 2.52. The van der Waals surface area contributed by atoms with Gasteiger partial charge in [-0.3, -0.25) is 19.2 Å². The number of ether oxygens (including phenoxy) is 4. The number of carbonyl (C=O) groups is 4. The molecular weight excluding hydrogens is 746 g/mol. The number of nitrogens with zero attached hydrogens (tertiary/aromatic N) is 2. The number of aromatic hydroxyl groups is 1. The van der Waals surface area contributed by atoms with Gasteiger partial charge in [-0.05, 0) is 32.8 Å². The third-order valence-corrected chi connectivity index (χ3v) is 12.4. The number of aliphatic imine (C=N–C) groups is 1. The molecule has 5 bridgehead atoms. The van der Waals surface area contributed by atoms with Crippen molar-refractivity contribution in [2.24, 2.45) is 28.7 Å². The van der Waals surface area contributed by atoms with Gasteiger partial charge in [0.05, 0.1) is 47.1 Å². The first-order chi connectivity index (χ1) is 27.4. The molecule has 14 heteroatoms. The van der Waals surface area contributed by atoms with E-state index < -0.39 is 83.1 Å². The van der Waals surface area contributed by atoms with Crippen LogP contribution in [0.25, 0.3) is 11.3 Å². The lowest BCUT2D eigenvalue weighted by Crippen LogP contribution is -2.46. The maximum Gasteiger partial charge on any atom is 0.312 e. The van der Waals surface area contributed by atoms with Gasteiger partial charge in [-0.2, -0.15) is 0 Å². The Kier molecular flexibility index (Phi) is 12.3. The van der Waals surface area contributed by atoms with Crippen LogP contribution in [0.4, 0.5) is 0 Å². The van der Waals surface area contributed by atoms with Gasteiger partial charge in [0.15, 0.2) is 0 Å². The molecule has 6 rings (SSSR count). The third kappa shape index (κ3) is 7.69. The predicted molar refractivity (Wildman–Crippen MR) is 214 cm³/mol. The van der Waals surface area contributed by atoms with Crippen molar-refractivity contribution in [1.29, 1.82) is 0 Å². The smallest absolute Gasteiger partial charge is 0.312 e. The SMILES string of the molecule is CO[C@H]1/C=C/O[C@@]2(C)Oc3c(C)c(O)c4c(c3C2=O)-c2nc(C3CCCCC3)[nH]c2C(=NC(=O)/C(C)=C\C=C\[C@H](C)[C@H](O)[C@@H](C)[C@@H](O)[C@@H](C)[C@H](OC(C)=O)[C@@H]1C)C4=O. The molecule has 14 nitrogen and oxygen atoms in total. The maximum absolute atomic E-state index is 14.6. The van der Waals surface area contributed by atoms with Gasteiger partial charge in [-0.1, -0.05) is 65.2 Å². The van der Waals surface area contributed by atoms with E-state index in [1.807, 2.05) is 0 Å². The molecule has 312 valence electrons. The minimum Gasteiger partial charge on any atom is -0.507 e. The molecule has 9 atom stereocenters. The average Bonchev–Trinajstić information content (AvgIpc) is 3.76. The van der Waals surface area contributed by atoms with Crippen molar-refractivity contribution in [2.75, 3.05) is 7.11 Å². The number of aromatic amines is 1. The van der Waals surface area contributed by atoms with Gasteiger partial charge in [-0.15, -0.1) is 0 Å². The minimum atomic E-state index is -1.97. The Morgan fingerprint density at radius 1 is 0.948 bits per heavy atom. The van der Waals surface area contributed by atoms with Crippen LogP contribution in [0.2, 0.25) is 0 Å². The summed E-state index contributed by atoms with van der Waals surface area (Å²) in [6.07, 6.45) is 8.60. The summed E-state index contributed by atoms with van der Waals surface area (Å²) < 4.78 is 23.8. The summed E-state index contributed by atoms with van der Waals surface area (Å²) in [5, 5.41) is 34.5. The molecule has 2 aliphatic carbocycles. The molecular formula is C44H55N3O11. The topological polar surface area (TPSA) is 207 Å². The molecule has 0 spiro atoms. The first kappa shape index (κ1) is 42.7. The molecule has 1 amide bonds. The van der Waals surface area contributed by atoms with Crippen LogP contribution in [0, 0.1) is 30.6 Å². The summed E-state index contributed by atoms with van der Waals surface area (Å²) in [5.41, 5.74) is 0.245. The van der Waals surface area contributed by atoms with E-state index >= 15 is 0 Å². The van der Waals surface area contributed by atoms with Crippen LogP contribution in [0.1, 0.15) is 124 Å². The van der Waals surface area contributed by atoms with Crippen LogP contribution < -0.4 is 4.74 Å². The fraction of sp³-hybridized carbons (Fsp3) is 0.545. The highest BCUT2D eigenvalue weighted by Crippen LogP contribution is 2.52. The molecule has 2 aromatic rings. The highest BCUT2D eigenvalue weighted by molar-refractivity contribution is 6.56. The summed E-state index contributed by atoms with van der Waals surface area (Å²) >= 11 is 0. The number of ketones is 2. The van der Waals surface area contributed by atoms with Crippen LogP contribution in [-0.4, -0.2) is 91.8 Å². The molecule has 1 aromatic heterocycles. The van der Waals surface area contributed by atoms with Gasteiger partial charge >= 0.3 is 11.8 Å². The van der Waals surface area contributed by atoms with Crippen LogP contribution in [0.3, 0.4) is 0 Å². The van der Waals surface area contributed by atoms with Crippen molar-refractivity contribution in [3.8, 4) is 22.8 Å². The number of hydrogen-bond donors (Lipinski definition) is 4. The van der Waals surface area contributed by atoms with Crippen molar-refractivity contribution in [3.63, 3.8) is 0 Å². The molecule has 2 aliphatic heterocycles. The van der Waals surface area contributed by atoms with Crippen LogP contribution in [0.15, 0.2) is 41.1 Å². The number of benzene rings is 1. The van der Waals surface area contributed by atoms with E-state index in [0.29, 0.717) is 5.82 Å². The molecule has 4 aliphatic rings. The van der Waals surface area contributed by atoms with Gasteiger partial charge in [0.2, 0.25) is 5.78 Å². The molecule has 58 heavy (non-hydrogen) atoms. The number of esters is 1. The van der Waals surface area contributed by atoms with E-state index in [1.165, 1.54) is 46.3 Å². The van der Waals surface area contributed by atoms with Gasteiger partial charge < -0.3 is 39.3 Å². The molecule has 0 unspecified atom stereocenters. The van der Waals surface area contributed by atoms with Gasteiger partial charge in [0.25, 0.3) is 11.7 Å². The van der Waals surface area contributed by atoms with Gasteiger partial charge in [-0.25, -0.2) is 9.98 Å². The Morgan fingerprint density at radius 3 is 2.29 bits per heavy atom. The zero-order valence-corrected chi connectivity index (χ0v) is 34.6. The summed E-state index contributed by atoms with van der Waals surface area (Å²) in [4.78, 5) is 67.7. The van der Waals surface area contributed by atoms with Gasteiger partial charge in [0, 0.05) is 67.2 Å². The number of aromatic nitrogens is 2. The molecule has 4 N–H and O–H groups in total. The number of amides is 1. The number of phenolic OH excluding ortho intramolecular Hbond substituents is 1. The second-order valence-corrected chi connectivity index (χ2v) is 16.5. The third-order valence-electron chi connectivity index (χ3n) is 12.4. The molecule has 1 saturated carbocycles. The second kappa shape index (κ2) is 16.7. The highest BCUT2D eigenvalue weighted by atomic mass is 16.7. The Hall–Kier alpha value is -4.92. The Labute approximate surface area is 338 Å². The van der Waals surface area contributed by atoms with Crippen LogP contribution in [0.5, 0.6) is 11.5 Å². The largest absolute Gasteiger partial charge is 0.507 e. The number of aliphatic hydroxyl groups excluding tert-OH is 2. The van der Waals surface area contributed by atoms with Gasteiger partial charge in [0.1, 0.15) is 29.1 Å². The lowest BCUT2D eigenvalue weighted by Gasteiger charge is -2.38. The standard InChI is InChI=1S/C44H55N3O11/c1-20-14-13-15-21(2)43(54)47-34-33-32(45-42(46-33)27-16-11-10-12-17-27)29-30(38(34)52)37(51)25(6)40-31(29)41(53)44(8,58-40)56-19-18-28(55-9)22(3)39(57-26(7)48)24(5)36(50)23(4)35(20)49/h13-15,18-20,22-24,27-28,35-36,39,49-51H,10-12,16-17H2,1-9H3,(H,45,46)/b14-13+,19-18+,21-15-,47-34?/t20-,22+,23+,24+,28-,35-,36+,39+,44-/m0/s1. The van der Waals surface area contributed by atoms with E-state index in [9.17, 15) is 34.5 Å². The number of hydrogen-bond acceptors (Lipinski definition) is 12. The monoisotopic (exact) mass is 801 g/mol. The summed E-state index contributed by atoms with van der Waals surface area (Å²) in [7, 11) is 1.46. The van der Waals surface area contributed by atoms with E-state index in [1.54, 1.807) is 46.8 Å². The number of rotatable bonds is 3. The quantitative estimate of drug-likeness (QED) is 0.256. The van der Waals surface area contributed by atoms with E-state index in [2.05, 4.69) is 9.98 Å². The van der Waals surface area contributed by atoms with Crippen molar-refractivity contribution in [3.05, 3.63) is 64.3 Å².